The smallest absolute Gasteiger partial charge is 0.138 e. The minimum atomic E-state index is 0.678. The second-order valence-corrected chi connectivity index (χ2v) is 2.56. The van der Waals surface area contributed by atoms with E-state index >= 15 is 0 Å². The van der Waals surface area contributed by atoms with E-state index in [-0.39, 0.29) is 0 Å². The highest BCUT2D eigenvalue weighted by molar-refractivity contribution is 7.99. The average molecular weight is 144 g/mol. The van der Waals surface area contributed by atoms with Crippen LogP contribution < -0.4 is 5.73 Å². The van der Waals surface area contributed by atoms with E-state index in [0.29, 0.717) is 6.54 Å². The molecule has 0 bridgehead atoms. The molecule has 1 aromatic heterocycles. The number of thioether (sulfide) groups is 1. The van der Waals surface area contributed by atoms with Gasteiger partial charge in [0.1, 0.15) is 5.03 Å². The highest BCUT2D eigenvalue weighted by atomic mass is 32.2. The topological polar surface area (TPSA) is 67.6 Å². The molecule has 0 aromatic carbocycles. The van der Waals surface area contributed by atoms with Crippen LogP contribution in [-0.2, 0) is 0 Å². The molecule has 0 amide bonds. The molecule has 0 aliphatic carbocycles. The summed E-state index contributed by atoms with van der Waals surface area (Å²) in [6.45, 7) is 0.678. The molecule has 0 aliphatic heterocycles. The van der Waals surface area contributed by atoms with Crippen molar-refractivity contribution in [1.82, 2.24) is 15.4 Å². The van der Waals surface area contributed by atoms with Gasteiger partial charge in [-0.1, -0.05) is 0 Å². The number of nitrogens with one attached hydrogen (secondary N) is 1. The van der Waals surface area contributed by atoms with E-state index in [9.17, 15) is 0 Å². The first-order chi connectivity index (χ1) is 4.43. The molecule has 0 fully saturated rings. The number of aromatic nitrogens is 3. The van der Waals surface area contributed by atoms with Crippen molar-refractivity contribution in [2.75, 3.05) is 12.3 Å². The van der Waals surface area contributed by atoms with E-state index in [2.05, 4.69) is 15.4 Å². The first kappa shape index (κ1) is 6.57. The van der Waals surface area contributed by atoms with Gasteiger partial charge in [-0.3, -0.25) is 0 Å². The van der Waals surface area contributed by atoms with Crippen LogP contribution in [-0.4, -0.2) is 27.7 Å². The third-order valence-corrected chi connectivity index (χ3v) is 1.69. The van der Waals surface area contributed by atoms with E-state index in [1.165, 1.54) is 0 Å². The maximum atomic E-state index is 5.27. The Morgan fingerprint density at radius 2 is 2.67 bits per heavy atom. The normalized spacial score (nSPS) is 9.89. The molecule has 4 nitrogen and oxygen atoms in total. The second-order valence-electron chi connectivity index (χ2n) is 1.45. The average Bonchev–Trinajstić information content (AvgIpc) is 2.34. The summed E-state index contributed by atoms with van der Waals surface area (Å²) < 4.78 is 0. The van der Waals surface area contributed by atoms with Crippen LogP contribution in [0.3, 0.4) is 0 Å². The molecule has 1 rings (SSSR count). The lowest BCUT2D eigenvalue weighted by Gasteiger charge is -1.88. The van der Waals surface area contributed by atoms with Crippen LogP contribution in [0.2, 0.25) is 0 Å². The molecular weight excluding hydrogens is 136 g/mol. The predicted molar refractivity (Wildman–Crippen MR) is 36.2 cm³/mol. The predicted octanol–water partition coefficient (Wildman–Crippen LogP) is -0.145. The van der Waals surface area contributed by atoms with Crippen LogP contribution in [0.5, 0.6) is 0 Å². The molecule has 1 heterocycles. The summed E-state index contributed by atoms with van der Waals surface area (Å²) in [4.78, 5) is 0. The largest absolute Gasteiger partial charge is 0.330 e. The first-order valence-electron chi connectivity index (χ1n) is 2.62. The van der Waals surface area contributed by atoms with Gasteiger partial charge >= 0.3 is 0 Å². The fourth-order valence-electron chi connectivity index (χ4n) is 0.424. The number of hydrogen-bond donors (Lipinski definition) is 2. The fourth-order valence-corrected chi connectivity index (χ4v) is 0.984. The molecule has 0 saturated carbocycles. The Labute approximate surface area is 57.2 Å². The monoisotopic (exact) mass is 144 g/mol. The summed E-state index contributed by atoms with van der Waals surface area (Å²) in [5.74, 6) is 0.895. The molecule has 0 unspecified atom stereocenters. The zero-order valence-electron chi connectivity index (χ0n) is 4.87. The molecule has 3 N–H and O–H groups in total. The molecular formula is C4H8N4S. The van der Waals surface area contributed by atoms with Gasteiger partial charge in [-0.05, 0) is 0 Å². The summed E-state index contributed by atoms with van der Waals surface area (Å²) in [7, 11) is 0. The van der Waals surface area contributed by atoms with Gasteiger partial charge in [-0.2, -0.15) is 10.3 Å². The third kappa shape index (κ3) is 2.03. The van der Waals surface area contributed by atoms with Crippen LogP contribution in [0.15, 0.2) is 11.2 Å². The fraction of sp³-hybridized carbons (Fsp3) is 0.500. The standard InChI is InChI=1S/C4H8N4S/c5-1-2-9-4-3-6-8-7-4/h3H,1-2,5H2,(H,6,7,8). The van der Waals surface area contributed by atoms with Crippen molar-refractivity contribution in [2.24, 2.45) is 5.73 Å². The Kier molecular flexibility index (Phi) is 2.53. The van der Waals surface area contributed by atoms with E-state index in [0.717, 1.165) is 10.8 Å². The number of H-pyrrole nitrogens is 1. The summed E-state index contributed by atoms with van der Waals surface area (Å²) in [5.41, 5.74) is 5.27. The lowest BCUT2D eigenvalue weighted by Crippen LogP contribution is -2.00. The zero-order valence-corrected chi connectivity index (χ0v) is 5.69. The highest BCUT2D eigenvalue weighted by Crippen LogP contribution is 2.10. The molecule has 0 spiro atoms. The number of hydrogen-bond acceptors (Lipinski definition) is 4. The first-order valence-corrected chi connectivity index (χ1v) is 3.60. The Hall–Kier alpha value is -0.550. The molecule has 0 saturated heterocycles. The van der Waals surface area contributed by atoms with Crippen LogP contribution >= 0.6 is 11.8 Å². The summed E-state index contributed by atoms with van der Waals surface area (Å²) in [5, 5.41) is 10.9. The van der Waals surface area contributed by atoms with Gasteiger partial charge in [-0.15, -0.1) is 16.9 Å². The highest BCUT2D eigenvalue weighted by Gasteiger charge is 1.92. The van der Waals surface area contributed by atoms with Crippen molar-refractivity contribution in [3.8, 4) is 0 Å². The van der Waals surface area contributed by atoms with Crippen molar-refractivity contribution >= 4 is 11.8 Å². The number of nitrogens with zero attached hydrogens (tertiary/aromatic N) is 2. The molecule has 0 aliphatic rings. The van der Waals surface area contributed by atoms with Gasteiger partial charge < -0.3 is 5.73 Å². The van der Waals surface area contributed by atoms with Gasteiger partial charge in [0.15, 0.2) is 0 Å². The Balaban J connectivity index is 2.30. The van der Waals surface area contributed by atoms with E-state index in [1.54, 1.807) is 18.0 Å². The van der Waals surface area contributed by atoms with Gasteiger partial charge in [0.2, 0.25) is 0 Å². The Morgan fingerprint density at radius 3 is 3.22 bits per heavy atom. The number of aromatic amines is 1. The van der Waals surface area contributed by atoms with E-state index < -0.39 is 0 Å². The number of rotatable bonds is 3. The van der Waals surface area contributed by atoms with Gasteiger partial charge in [0.05, 0.1) is 6.20 Å². The molecule has 0 atom stereocenters. The van der Waals surface area contributed by atoms with Gasteiger partial charge in [0.25, 0.3) is 0 Å². The quantitative estimate of drug-likeness (QED) is 0.579. The SMILES string of the molecule is NCCSc1cn[nH]n1. The maximum absolute atomic E-state index is 5.27. The van der Waals surface area contributed by atoms with Crippen LogP contribution in [0.25, 0.3) is 0 Å². The van der Waals surface area contributed by atoms with Gasteiger partial charge in [0, 0.05) is 12.3 Å². The third-order valence-electron chi connectivity index (χ3n) is 0.761. The van der Waals surface area contributed by atoms with Crippen molar-refractivity contribution in [1.29, 1.82) is 0 Å². The lowest BCUT2D eigenvalue weighted by molar-refractivity contribution is 0.910. The molecule has 9 heavy (non-hydrogen) atoms. The summed E-state index contributed by atoms with van der Waals surface area (Å²) in [6, 6.07) is 0. The van der Waals surface area contributed by atoms with Crippen molar-refractivity contribution in [3.05, 3.63) is 6.20 Å². The zero-order chi connectivity index (χ0) is 6.53. The summed E-state index contributed by atoms with van der Waals surface area (Å²) >= 11 is 1.60. The molecule has 50 valence electrons. The molecule has 5 heteroatoms. The van der Waals surface area contributed by atoms with E-state index in [4.69, 9.17) is 5.73 Å². The second kappa shape index (κ2) is 3.47. The summed E-state index contributed by atoms with van der Waals surface area (Å²) in [6.07, 6.45) is 1.68. The molecule has 1 aromatic rings. The van der Waals surface area contributed by atoms with Crippen molar-refractivity contribution in [2.45, 2.75) is 5.03 Å². The minimum absolute atomic E-state index is 0.678. The van der Waals surface area contributed by atoms with Crippen molar-refractivity contribution < 1.29 is 0 Å². The molecule has 0 radical (unpaired) electrons. The van der Waals surface area contributed by atoms with Gasteiger partial charge in [-0.25, -0.2) is 0 Å². The Morgan fingerprint density at radius 1 is 1.78 bits per heavy atom. The number of nitrogens with two attached hydrogens (primary N) is 1. The van der Waals surface area contributed by atoms with Crippen LogP contribution in [0, 0.1) is 0 Å². The Bertz CT molecular complexity index is 150. The maximum Gasteiger partial charge on any atom is 0.138 e. The lowest BCUT2D eigenvalue weighted by atomic mass is 10.8. The minimum Gasteiger partial charge on any atom is -0.330 e. The van der Waals surface area contributed by atoms with Crippen LogP contribution in [0.4, 0.5) is 0 Å². The van der Waals surface area contributed by atoms with Crippen molar-refractivity contribution in [3.63, 3.8) is 0 Å². The van der Waals surface area contributed by atoms with E-state index in [1.807, 2.05) is 0 Å². The van der Waals surface area contributed by atoms with Crippen LogP contribution in [0.1, 0.15) is 0 Å².